The number of aromatic nitrogens is 2. The van der Waals surface area contributed by atoms with Gasteiger partial charge in [0.2, 0.25) is 0 Å². The second-order valence-corrected chi connectivity index (χ2v) is 7.71. The van der Waals surface area contributed by atoms with Crippen molar-refractivity contribution in [2.75, 3.05) is 14.2 Å². The van der Waals surface area contributed by atoms with E-state index in [4.69, 9.17) is 9.47 Å². The molecule has 8 heteroatoms. The van der Waals surface area contributed by atoms with Crippen molar-refractivity contribution in [3.63, 3.8) is 0 Å². The Hall–Kier alpha value is -3.39. The molecule has 154 valence electrons. The van der Waals surface area contributed by atoms with Crippen LogP contribution in [0.1, 0.15) is 20.9 Å². The zero-order chi connectivity index (χ0) is 21.3. The minimum absolute atomic E-state index is 0.201. The number of aryl methyl sites for hydroxylation is 1. The highest BCUT2D eigenvalue weighted by Gasteiger charge is 2.15. The van der Waals surface area contributed by atoms with Gasteiger partial charge in [-0.2, -0.15) is 0 Å². The number of nitrogens with one attached hydrogen (secondary N) is 1. The topological polar surface area (TPSA) is 64.9 Å². The molecule has 0 fully saturated rings. The van der Waals surface area contributed by atoms with Gasteiger partial charge in [0, 0.05) is 27.9 Å². The van der Waals surface area contributed by atoms with Gasteiger partial charge in [0.25, 0.3) is 5.91 Å². The number of ether oxygens (including phenoxy) is 2. The van der Waals surface area contributed by atoms with E-state index in [0.717, 1.165) is 26.8 Å². The molecule has 4 aromatic rings. The van der Waals surface area contributed by atoms with Gasteiger partial charge in [0.05, 0.1) is 26.5 Å². The maximum Gasteiger partial charge on any atom is 0.251 e. The second-order valence-electron chi connectivity index (χ2n) is 6.65. The highest BCUT2D eigenvalue weighted by atomic mass is 32.1. The first-order valence-electron chi connectivity index (χ1n) is 9.23. The van der Waals surface area contributed by atoms with E-state index in [1.807, 2.05) is 17.5 Å². The Morgan fingerprint density at radius 2 is 1.87 bits per heavy atom. The molecular formula is C22H20FN3O3S. The van der Waals surface area contributed by atoms with Gasteiger partial charge >= 0.3 is 0 Å². The van der Waals surface area contributed by atoms with Crippen molar-refractivity contribution >= 4 is 22.2 Å². The minimum atomic E-state index is -0.275. The van der Waals surface area contributed by atoms with E-state index in [2.05, 4.69) is 10.3 Å². The number of nitrogens with zero attached hydrogens (tertiary/aromatic N) is 2. The molecule has 0 radical (unpaired) electrons. The van der Waals surface area contributed by atoms with Crippen molar-refractivity contribution in [3.8, 4) is 22.8 Å². The van der Waals surface area contributed by atoms with E-state index in [0.29, 0.717) is 23.6 Å². The Morgan fingerprint density at radius 3 is 2.53 bits per heavy atom. The summed E-state index contributed by atoms with van der Waals surface area (Å²) in [5.74, 6) is 0.599. The van der Waals surface area contributed by atoms with Crippen LogP contribution in [0.4, 0.5) is 4.39 Å². The number of halogens is 1. The van der Waals surface area contributed by atoms with Crippen LogP contribution in [0, 0.1) is 12.7 Å². The average Bonchev–Trinajstić information content (AvgIpc) is 3.31. The lowest BCUT2D eigenvalue weighted by Gasteiger charge is -2.10. The number of rotatable bonds is 6. The van der Waals surface area contributed by atoms with Crippen LogP contribution in [-0.4, -0.2) is 29.5 Å². The molecule has 4 rings (SSSR count). The number of fused-ring (bicyclic) bond motifs is 1. The lowest BCUT2D eigenvalue weighted by atomic mass is 10.2. The van der Waals surface area contributed by atoms with Gasteiger partial charge in [0.15, 0.2) is 16.5 Å². The fourth-order valence-electron chi connectivity index (χ4n) is 3.16. The molecule has 0 aliphatic rings. The Kier molecular flexibility index (Phi) is 5.41. The molecule has 0 aliphatic carbocycles. The van der Waals surface area contributed by atoms with Gasteiger partial charge in [0.1, 0.15) is 5.82 Å². The largest absolute Gasteiger partial charge is 0.493 e. The number of benzene rings is 2. The molecule has 0 aliphatic heterocycles. The minimum Gasteiger partial charge on any atom is -0.493 e. The molecule has 1 amide bonds. The number of hydrogen-bond acceptors (Lipinski definition) is 5. The van der Waals surface area contributed by atoms with Crippen LogP contribution in [0.15, 0.2) is 48.7 Å². The molecular weight excluding hydrogens is 405 g/mol. The Bertz CT molecular complexity index is 1210. The van der Waals surface area contributed by atoms with Crippen LogP contribution < -0.4 is 14.8 Å². The monoisotopic (exact) mass is 425 g/mol. The smallest absolute Gasteiger partial charge is 0.251 e. The van der Waals surface area contributed by atoms with E-state index in [1.54, 1.807) is 37.4 Å². The summed E-state index contributed by atoms with van der Waals surface area (Å²) in [5.41, 5.74) is 3.13. The van der Waals surface area contributed by atoms with Crippen molar-refractivity contribution in [2.45, 2.75) is 13.5 Å². The first-order valence-corrected chi connectivity index (χ1v) is 10.1. The summed E-state index contributed by atoms with van der Waals surface area (Å²) < 4.78 is 25.6. The third-order valence-electron chi connectivity index (χ3n) is 4.85. The molecule has 0 bridgehead atoms. The van der Waals surface area contributed by atoms with Gasteiger partial charge < -0.3 is 14.8 Å². The summed E-state index contributed by atoms with van der Waals surface area (Å²) in [7, 11) is 3.08. The van der Waals surface area contributed by atoms with Gasteiger partial charge in [-0.3, -0.25) is 9.20 Å². The van der Waals surface area contributed by atoms with Crippen LogP contribution in [-0.2, 0) is 6.54 Å². The van der Waals surface area contributed by atoms with E-state index < -0.39 is 0 Å². The summed E-state index contributed by atoms with van der Waals surface area (Å²) in [6.45, 7) is 2.37. The number of amides is 1. The molecule has 0 atom stereocenters. The lowest BCUT2D eigenvalue weighted by Crippen LogP contribution is -2.22. The Balaban J connectivity index is 1.50. The zero-order valence-electron chi connectivity index (χ0n) is 16.7. The molecule has 2 heterocycles. The normalized spacial score (nSPS) is 10.9. The summed E-state index contributed by atoms with van der Waals surface area (Å²) in [6.07, 6.45) is 1.92. The quantitative estimate of drug-likeness (QED) is 0.496. The number of thiazole rings is 1. The highest BCUT2D eigenvalue weighted by molar-refractivity contribution is 7.17. The van der Waals surface area contributed by atoms with Gasteiger partial charge in [-0.15, -0.1) is 0 Å². The molecule has 30 heavy (non-hydrogen) atoms. The van der Waals surface area contributed by atoms with Crippen molar-refractivity contribution in [3.05, 3.63) is 70.6 Å². The summed E-state index contributed by atoms with van der Waals surface area (Å²) in [6, 6.07) is 11.3. The fourth-order valence-corrected chi connectivity index (χ4v) is 4.20. The summed E-state index contributed by atoms with van der Waals surface area (Å²) >= 11 is 1.51. The molecule has 6 nitrogen and oxygen atoms in total. The third-order valence-corrected chi connectivity index (χ3v) is 6.00. The first-order chi connectivity index (χ1) is 14.5. The molecule has 0 unspecified atom stereocenters. The maximum atomic E-state index is 13.1. The van der Waals surface area contributed by atoms with Gasteiger partial charge in [-0.05, 0) is 49.4 Å². The SMILES string of the molecule is COc1ccc(C(=O)NCc2sc3nc(-c4ccc(F)cc4)cn3c2C)cc1OC. The van der Waals surface area contributed by atoms with Crippen molar-refractivity contribution in [1.82, 2.24) is 14.7 Å². The summed E-state index contributed by atoms with van der Waals surface area (Å²) in [4.78, 5) is 19.0. The van der Waals surface area contributed by atoms with Crippen molar-refractivity contribution < 1.29 is 18.7 Å². The van der Waals surface area contributed by atoms with Gasteiger partial charge in [-0.1, -0.05) is 11.3 Å². The number of hydrogen-bond donors (Lipinski definition) is 1. The van der Waals surface area contributed by atoms with E-state index >= 15 is 0 Å². The van der Waals surface area contributed by atoms with E-state index in [9.17, 15) is 9.18 Å². The predicted octanol–water partition coefficient (Wildman–Crippen LogP) is 4.46. The standard InChI is InChI=1S/C22H20FN3O3S/c1-13-20(11-24-21(27)15-6-9-18(28-2)19(10-15)29-3)30-22-25-17(12-26(13)22)14-4-7-16(23)8-5-14/h4-10,12H,11H2,1-3H3,(H,24,27). The molecule has 1 N–H and O–H groups in total. The Labute approximate surface area is 176 Å². The van der Waals surface area contributed by atoms with E-state index in [1.165, 1.54) is 30.6 Å². The van der Waals surface area contributed by atoms with Crippen LogP contribution >= 0.6 is 11.3 Å². The van der Waals surface area contributed by atoms with Crippen molar-refractivity contribution in [1.29, 1.82) is 0 Å². The van der Waals surface area contributed by atoms with Crippen molar-refractivity contribution in [2.24, 2.45) is 0 Å². The molecule has 0 spiro atoms. The number of carbonyl (C=O) groups excluding carboxylic acids is 1. The fraction of sp³-hybridized carbons (Fsp3) is 0.182. The van der Waals surface area contributed by atoms with Gasteiger partial charge in [-0.25, -0.2) is 9.37 Å². The number of carbonyl (C=O) groups is 1. The average molecular weight is 425 g/mol. The van der Waals surface area contributed by atoms with Crippen LogP contribution in [0.25, 0.3) is 16.2 Å². The lowest BCUT2D eigenvalue weighted by molar-refractivity contribution is 0.0951. The zero-order valence-corrected chi connectivity index (χ0v) is 17.5. The van der Waals surface area contributed by atoms with Crippen LogP contribution in [0.5, 0.6) is 11.5 Å². The number of imidazole rings is 1. The molecule has 0 saturated heterocycles. The summed E-state index contributed by atoms with van der Waals surface area (Å²) in [5, 5.41) is 2.94. The Morgan fingerprint density at radius 1 is 1.13 bits per heavy atom. The molecule has 0 saturated carbocycles. The van der Waals surface area contributed by atoms with Crippen LogP contribution in [0.3, 0.4) is 0 Å². The highest BCUT2D eigenvalue weighted by Crippen LogP contribution is 2.29. The molecule has 2 aromatic heterocycles. The number of methoxy groups -OCH3 is 2. The van der Waals surface area contributed by atoms with E-state index in [-0.39, 0.29) is 11.7 Å². The van der Waals surface area contributed by atoms with Crippen LogP contribution in [0.2, 0.25) is 0 Å². The second kappa shape index (κ2) is 8.16. The predicted molar refractivity (Wildman–Crippen MR) is 114 cm³/mol. The maximum absolute atomic E-state index is 13.1. The third kappa shape index (κ3) is 3.73. The molecule has 2 aromatic carbocycles. The first kappa shape index (κ1) is 19.9.